The smallest absolute Gasteiger partial charge is 0.281 e. The van der Waals surface area contributed by atoms with E-state index < -0.39 is 17.2 Å². The number of halogens is 2. The molecule has 0 radical (unpaired) electrons. The lowest BCUT2D eigenvalue weighted by molar-refractivity contribution is 0.101. The average Bonchev–Trinajstić information content (AvgIpc) is 2.85. The zero-order chi connectivity index (χ0) is 24.9. The summed E-state index contributed by atoms with van der Waals surface area (Å²) in [5.41, 5.74) is 5.34. The number of nitrogens with zero attached hydrogens (tertiary/aromatic N) is 4. The van der Waals surface area contributed by atoms with Crippen LogP contribution < -0.4 is 21.2 Å². The highest BCUT2D eigenvalue weighted by Crippen LogP contribution is 2.32. The third-order valence-electron chi connectivity index (χ3n) is 4.74. The number of carbonyl (C=O) groups is 1. The topological polar surface area (TPSA) is 125 Å². The number of rotatable bonds is 7. The van der Waals surface area contributed by atoms with Gasteiger partial charge in [-0.3, -0.25) is 14.3 Å². The van der Waals surface area contributed by atoms with E-state index in [0.29, 0.717) is 17.1 Å². The van der Waals surface area contributed by atoms with Gasteiger partial charge in [-0.2, -0.15) is 5.10 Å². The Kier molecular flexibility index (Phi) is 6.83. The fraction of sp³-hybridized carbons (Fsp3) is 0.0417. The van der Waals surface area contributed by atoms with Gasteiger partial charge in [-0.15, -0.1) is 6.58 Å². The van der Waals surface area contributed by atoms with Gasteiger partial charge in [0, 0.05) is 24.0 Å². The molecule has 3 heterocycles. The summed E-state index contributed by atoms with van der Waals surface area (Å²) in [6.07, 6.45) is 5.86. The van der Waals surface area contributed by atoms with Gasteiger partial charge in [-0.1, -0.05) is 29.8 Å². The van der Waals surface area contributed by atoms with E-state index in [-0.39, 0.29) is 34.5 Å². The van der Waals surface area contributed by atoms with Crippen LogP contribution in [-0.2, 0) is 6.54 Å². The first-order chi connectivity index (χ1) is 16.9. The van der Waals surface area contributed by atoms with E-state index in [4.69, 9.17) is 22.1 Å². The van der Waals surface area contributed by atoms with E-state index in [9.17, 15) is 14.0 Å². The van der Waals surface area contributed by atoms with Crippen LogP contribution in [0.2, 0.25) is 5.02 Å². The van der Waals surface area contributed by atoms with Crippen LogP contribution in [0.5, 0.6) is 11.5 Å². The lowest BCUT2D eigenvalue weighted by Gasteiger charge is -2.11. The number of allylic oxidation sites excluding steroid dienone is 1. The molecule has 3 N–H and O–H groups in total. The molecule has 0 spiro atoms. The fourth-order valence-electron chi connectivity index (χ4n) is 3.08. The van der Waals surface area contributed by atoms with Crippen molar-refractivity contribution in [1.29, 1.82) is 0 Å². The predicted molar refractivity (Wildman–Crippen MR) is 130 cm³/mol. The Labute approximate surface area is 203 Å². The first-order valence-corrected chi connectivity index (χ1v) is 10.6. The molecule has 3 aromatic heterocycles. The van der Waals surface area contributed by atoms with Crippen molar-refractivity contribution < 1.29 is 13.9 Å². The standard InChI is InChI=1S/C24H18ClFN6O3/c1-2-11-32-13-17(14-3-5-15(26)6-4-14)22(33)21(31-32)24(34)30-19-8-7-16(12-29-19)35-18-9-10-28-23(27)20(18)25/h2-10,12-13H,1,11H2,(H2,27,28)(H,29,30,34). The molecule has 1 aromatic carbocycles. The number of nitrogen functional groups attached to an aromatic ring is 1. The Morgan fingerprint density at radius 3 is 2.66 bits per heavy atom. The summed E-state index contributed by atoms with van der Waals surface area (Å²) in [6, 6.07) is 9.94. The van der Waals surface area contributed by atoms with Crippen LogP contribution in [0, 0.1) is 5.82 Å². The molecule has 0 saturated heterocycles. The maximum absolute atomic E-state index is 13.3. The van der Waals surface area contributed by atoms with Gasteiger partial charge in [0.15, 0.2) is 11.4 Å². The van der Waals surface area contributed by atoms with Crippen molar-refractivity contribution in [3.05, 3.63) is 100 Å². The Hall–Kier alpha value is -4.57. The van der Waals surface area contributed by atoms with E-state index in [0.717, 1.165) is 0 Å². The molecule has 35 heavy (non-hydrogen) atoms. The Morgan fingerprint density at radius 2 is 1.97 bits per heavy atom. The van der Waals surface area contributed by atoms with Crippen molar-refractivity contribution >= 4 is 29.1 Å². The fourth-order valence-corrected chi connectivity index (χ4v) is 3.23. The lowest BCUT2D eigenvalue weighted by atomic mass is 10.1. The summed E-state index contributed by atoms with van der Waals surface area (Å²) in [4.78, 5) is 33.9. The molecule has 0 fully saturated rings. The summed E-state index contributed by atoms with van der Waals surface area (Å²) in [5.74, 6) is -0.296. The molecule has 176 valence electrons. The molecule has 0 aliphatic rings. The van der Waals surface area contributed by atoms with Crippen LogP contribution in [0.25, 0.3) is 11.1 Å². The first kappa shape index (κ1) is 23.6. The molecular formula is C24H18ClFN6O3. The summed E-state index contributed by atoms with van der Waals surface area (Å²) >= 11 is 6.07. The minimum Gasteiger partial charge on any atom is -0.454 e. The summed E-state index contributed by atoms with van der Waals surface area (Å²) in [6.45, 7) is 3.90. The van der Waals surface area contributed by atoms with Gasteiger partial charge in [-0.25, -0.2) is 14.4 Å². The molecule has 0 bridgehead atoms. The van der Waals surface area contributed by atoms with Crippen LogP contribution in [-0.4, -0.2) is 25.7 Å². The second kappa shape index (κ2) is 10.1. The molecule has 11 heteroatoms. The van der Waals surface area contributed by atoms with Gasteiger partial charge in [0.1, 0.15) is 28.2 Å². The van der Waals surface area contributed by atoms with Crippen LogP contribution in [0.15, 0.2) is 78.5 Å². The number of ether oxygens (including phenoxy) is 1. The minimum absolute atomic E-state index is 0.124. The highest BCUT2D eigenvalue weighted by atomic mass is 35.5. The molecule has 4 aromatic rings. The van der Waals surface area contributed by atoms with Gasteiger partial charge in [0.2, 0.25) is 5.43 Å². The highest BCUT2D eigenvalue weighted by molar-refractivity contribution is 6.34. The van der Waals surface area contributed by atoms with Crippen molar-refractivity contribution in [3.63, 3.8) is 0 Å². The van der Waals surface area contributed by atoms with Crippen molar-refractivity contribution in [3.8, 4) is 22.6 Å². The molecule has 0 saturated carbocycles. The van der Waals surface area contributed by atoms with Crippen LogP contribution in [0.1, 0.15) is 10.5 Å². The van der Waals surface area contributed by atoms with Gasteiger partial charge in [-0.05, 0) is 29.8 Å². The zero-order valence-electron chi connectivity index (χ0n) is 18.1. The number of hydrogen-bond donors (Lipinski definition) is 2. The van der Waals surface area contributed by atoms with Crippen LogP contribution in [0.4, 0.5) is 16.0 Å². The van der Waals surface area contributed by atoms with Crippen molar-refractivity contribution in [2.45, 2.75) is 6.54 Å². The molecule has 9 nitrogen and oxygen atoms in total. The van der Waals surface area contributed by atoms with Crippen molar-refractivity contribution in [2.24, 2.45) is 0 Å². The number of pyridine rings is 2. The van der Waals surface area contributed by atoms with Crippen molar-refractivity contribution in [2.75, 3.05) is 11.1 Å². The number of anilines is 2. The summed E-state index contributed by atoms with van der Waals surface area (Å²) < 4.78 is 20.4. The minimum atomic E-state index is -0.761. The van der Waals surface area contributed by atoms with E-state index in [1.807, 2.05) is 0 Å². The van der Waals surface area contributed by atoms with E-state index in [1.165, 1.54) is 53.6 Å². The third kappa shape index (κ3) is 5.33. The van der Waals surface area contributed by atoms with Crippen LogP contribution in [0.3, 0.4) is 0 Å². The molecule has 0 atom stereocenters. The Morgan fingerprint density at radius 1 is 1.20 bits per heavy atom. The molecule has 0 aliphatic carbocycles. The average molecular weight is 493 g/mol. The largest absolute Gasteiger partial charge is 0.454 e. The van der Waals surface area contributed by atoms with Gasteiger partial charge in [0.05, 0.1) is 12.7 Å². The number of carbonyl (C=O) groups excluding carboxylic acids is 1. The second-order valence-electron chi connectivity index (χ2n) is 7.18. The number of nitrogens with one attached hydrogen (secondary N) is 1. The quantitative estimate of drug-likeness (QED) is 0.368. The third-order valence-corrected chi connectivity index (χ3v) is 5.12. The highest BCUT2D eigenvalue weighted by Gasteiger charge is 2.19. The van der Waals surface area contributed by atoms with Gasteiger partial charge >= 0.3 is 0 Å². The molecule has 4 rings (SSSR count). The zero-order valence-corrected chi connectivity index (χ0v) is 18.9. The number of aromatic nitrogens is 4. The number of amides is 1. The molecule has 0 unspecified atom stereocenters. The van der Waals surface area contributed by atoms with Gasteiger partial charge < -0.3 is 15.8 Å². The second-order valence-corrected chi connectivity index (χ2v) is 7.56. The predicted octanol–water partition coefficient (Wildman–Crippen LogP) is 4.31. The Balaban J connectivity index is 1.58. The molecule has 0 aliphatic heterocycles. The number of hydrogen-bond acceptors (Lipinski definition) is 7. The summed E-state index contributed by atoms with van der Waals surface area (Å²) in [5, 5.41) is 6.82. The lowest BCUT2D eigenvalue weighted by Crippen LogP contribution is -2.27. The first-order valence-electron chi connectivity index (χ1n) is 10.2. The monoisotopic (exact) mass is 492 g/mol. The van der Waals surface area contributed by atoms with E-state index in [1.54, 1.807) is 18.2 Å². The van der Waals surface area contributed by atoms with Crippen LogP contribution >= 0.6 is 11.6 Å². The number of benzene rings is 1. The number of nitrogens with two attached hydrogens (primary N) is 1. The maximum Gasteiger partial charge on any atom is 0.281 e. The van der Waals surface area contributed by atoms with Gasteiger partial charge in [0.25, 0.3) is 5.91 Å². The molecule has 1 amide bonds. The molecular weight excluding hydrogens is 475 g/mol. The normalized spacial score (nSPS) is 10.6. The summed E-state index contributed by atoms with van der Waals surface area (Å²) in [7, 11) is 0. The Bertz CT molecular complexity index is 1460. The van der Waals surface area contributed by atoms with E-state index >= 15 is 0 Å². The SMILES string of the molecule is C=CCn1cc(-c2ccc(F)cc2)c(=O)c(C(=O)Nc2ccc(Oc3ccnc(N)c3Cl)cn2)n1. The van der Waals surface area contributed by atoms with E-state index in [2.05, 4.69) is 27.0 Å². The maximum atomic E-state index is 13.3. The van der Waals surface area contributed by atoms with Crippen molar-refractivity contribution in [1.82, 2.24) is 19.7 Å².